The Morgan fingerprint density at radius 1 is 1.07 bits per heavy atom. The van der Waals surface area contributed by atoms with Crippen LogP contribution in [0.25, 0.3) is 22.3 Å². The van der Waals surface area contributed by atoms with Gasteiger partial charge in [0, 0.05) is 59.0 Å². The molecule has 3 fully saturated rings. The summed E-state index contributed by atoms with van der Waals surface area (Å²) in [6, 6.07) is 12.1. The van der Waals surface area contributed by atoms with Crippen LogP contribution in [0, 0.1) is 11.3 Å². The van der Waals surface area contributed by atoms with Gasteiger partial charge >= 0.3 is 5.97 Å². The molecule has 10 heteroatoms. The van der Waals surface area contributed by atoms with Crippen LogP contribution >= 0.6 is 0 Å². The number of rotatable bonds is 5. The topological polar surface area (TPSA) is 120 Å². The number of nitrogens with one attached hydrogen (secondary N) is 1. The van der Waals surface area contributed by atoms with Crippen molar-refractivity contribution in [2.24, 2.45) is 11.3 Å². The molecular formula is C34H39N7O3. The van der Waals surface area contributed by atoms with E-state index in [1.54, 1.807) is 6.07 Å². The predicted octanol–water partition coefficient (Wildman–Crippen LogP) is 5.16. The molecule has 2 aliphatic heterocycles. The fraction of sp³-hybridized carbons (Fsp3) is 0.500. The Morgan fingerprint density at radius 2 is 1.86 bits per heavy atom. The van der Waals surface area contributed by atoms with Crippen molar-refractivity contribution in [3.05, 3.63) is 59.5 Å². The number of H-pyrrole nitrogens is 1. The molecule has 0 unspecified atom stereocenters. The molecular weight excluding hydrogens is 554 g/mol. The highest BCUT2D eigenvalue weighted by molar-refractivity contribution is 5.86. The average molecular weight is 594 g/mol. The zero-order valence-corrected chi connectivity index (χ0v) is 25.4. The van der Waals surface area contributed by atoms with Crippen LogP contribution in [0.15, 0.2) is 42.6 Å². The first-order valence-corrected chi connectivity index (χ1v) is 16.0. The van der Waals surface area contributed by atoms with Gasteiger partial charge in [0.15, 0.2) is 5.65 Å². The number of phenols is 1. The molecule has 0 radical (unpaired) electrons. The number of methoxy groups -OCH3 is 1. The molecule has 1 saturated heterocycles. The molecule has 228 valence electrons. The van der Waals surface area contributed by atoms with Crippen molar-refractivity contribution in [3.63, 3.8) is 0 Å². The van der Waals surface area contributed by atoms with Gasteiger partial charge in [-0.1, -0.05) is 12.1 Å². The third-order valence-electron chi connectivity index (χ3n) is 11.0. The minimum atomic E-state index is -0.0300. The first-order chi connectivity index (χ1) is 21.4. The minimum Gasteiger partial charge on any atom is -0.507 e. The normalized spacial score (nSPS) is 27.1. The summed E-state index contributed by atoms with van der Waals surface area (Å²) in [5.74, 6) is 1.51. The van der Waals surface area contributed by atoms with E-state index in [1.165, 1.54) is 31.2 Å². The number of phenolic OH excluding ortho intramolecular Hbond substituents is 1. The van der Waals surface area contributed by atoms with Gasteiger partial charge in [-0.25, -0.2) is 9.97 Å². The Labute approximate surface area is 256 Å². The van der Waals surface area contributed by atoms with Gasteiger partial charge in [-0.3, -0.25) is 4.79 Å². The highest BCUT2D eigenvalue weighted by atomic mass is 16.5. The van der Waals surface area contributed by atoms with Gasteiger partial charge in [0.1, 0.15) is 5.75 Å². The van der Waals surface area contributed by atoms with Crippen molar-refractivity contribution in [1.29, 1.82) is 0 Å². The van der Waals surface area contributed by atoms with E-state index < -0.39 is 0 Å². The van der Waals surface area contributed by atoms with E-state index in [-0.39, 0.29) is 23.7 Å². The van der Waals surface area contributed by atoms with E-state index >= 15 is 0 Å². The largest absolute Gasteiger partial charge is 0.507 e. The number of carbonyl (C=O) groups is 1. The second-order valence-corrected chi connectivity index (χ2v) is 13.4. The van der Waals surface area contributed by atoms with Crippen molar-refractivity contribution >= 4 is 23.0 Å². The van der Waals surface area contributed by atoms with Crippen molar-refractivity contribution < 1.29 is 14.6 Å². The van der Waals surface area contributed by atoms with Crippen molar-refractivity contribution in [2.45, 2.75) is 69.9 Å². The smallest absolute Gasteiger partial charge is 0.308 e. The van der Waals surface area contributed by atoms with Crippen LogP contribution in [0.5, 0.6) is 5.75 Å². The molecule has 0 bridgehead atoms. The first-order valence-electron chi connectivity index (χ1n) is 16.0. The fourth-order valence-electron chi connectivity index (χ4n) is 8.55. The van der Waals surface area contributed by atoms with Crippen molar-refractivity contribution in [1.82, 2.24) is 30.0 Å². The molecule has 1 aromatic carbocycles. The van der Waals surface area contributed by atoms with E-state index in [2.05, 4.69) is 38.0 Å². The predicted molar refractivity (Wildman–Crippen MR) is 166 cm³/mol. The highest BCUT2D eigenvalue weighted by Crippen LogP contribution is 2.60. The van der Waals surface area contributed by atoms with Crippen LogP contribution in [0.4, 0.5) is 5.95 Å². The van der Waals surface area contributed by atoms with Crippen molar-refractivity contribution in [3.8, 4) is 17.0 Å². The van der Waals surface area contributed by atoms with E-state index in [4.69, 9.17) is 14.7 Å². The summed E-state index contributed by atoms with van der Waals surface area (Å²) in [6.45, 7) is 5.23. The van der Waals surface area contributed by atoms with Gasteiger partial charge in [-0.15, -0.1) is 10.2 Å². The molecule has 3 aromatic heterocycles. The van der Waals surface area contributed by atoms with Gasteiger partial charge < -0.3 is 24.6 Å². The highest BCUT2D eigenvalue weighted by Gasteiger charge is 2.56. The number of piperidine rings is 1. The molecule has 1 spiro atoms. The molecule has 44 heavy (non-hydrogen) atoms. The Morgan fingerprint density at radius 3 is 2.64 bits per heavy atom. The number of nitrogens with zero attached hydrogens (tertiary/aromatic N) is 6. The molecule has 0 amide bonds. The second-order valence-electron chi connectivity index (χ2n) is 13.4. The maximum atomic E-state index is 11.8. The number of benzene rings is 1. The van der Waals surface area contributed by atoms with E-state index in [0.717, 1.165) is 74.4 Å². The molecule has 5 heterocycles. The standard InChI is InChI=1S/C34H39N7O3/c1-20-30-25-15-28(24-5-3-4-6-29(24)42)38-39-31(25)36-27(30)10-14-41(20)33-35-11-7-26(37-33)21-8-12-40(13-9-21)23-18-34(19-23)16-22(17-34)32(43)44-2/h3-7,11,15,20-23,42H,8-10,12-14,16-19H2,1-2H3,(H,36,39)/t20-,22?,23?,34?/m1/s1. The molecule has 2 saturated carbocycles. The number of ether oxygens (including phenoxy) is 1. The van der Waals surface area contributed by atoms with E-state index in [1.807, 2.05) is 30.5 Å². The summed E-state index contributed by atoms with van der Waals surface area (Å²) in [5.41, 5.74) is 6.01. The number of hydrogen-bond acceptors (Lipinski definition) is 9. The zero-order chi connectivity index (χ0) is 30.0. The summed E-state index contributed by atoms with van der Waals surface area (Å²) in [7, 11) is 1.50. The maximum Gasteiger partial charge on any atom is 0.308 e. The fourth-order valence-corrected chi connectivity index (χ4v) is 8.55. The number of aromatic amines is 1. The molecule has 4 aromatic rings. The molecule has 1 atom stereocenters. The third kappa shape index (κ3) is 4.53. The van der Waals surface area contributed by atoms with Gasteiger partial charge in [-0.05, 0) is 88.2 Å². The molecule has 2 N–H and O–H groups in total. The lowest BCUT2D eigenvalue weighted by molar-refractivity contribution is -0.163. The number of carbonyl (C=O) groups excluding carboxylic acids is 1. The summed E-state index contributed by atoms with van der Waals surface area (Å²) in [6.07, 6.45) is 9.47. The number of likely N-dealkylation sites (tertiary alicyclic amines) is 1. The van der Waals surface area contributed by atoms with Gasteiger partial charge in [0.2, 0.25) is 5.95 Å². The first kappa shape index (κ1) is 27.5. The van der Waals surface area contributed by atoms with Gasteiger partial charge in [0.25, 0.3) is 0 Å². The molecule has 4 aliphatic rings. The third-order valence-corrected chi connectivity index (χ3v) is 11.0. The number of esters is 1. The van der Waals surface area contributed by atoms with Crippen molar-refractivity contribution in [2.75, 3.05) is 31.6 Å². The maximum absolute atomic E-state index is 11.8. The monoisotopic (exact) mass is 593 g/mol. The summed E-state index contributed by atoms with van der Waals surface area (Å²) >= 11 is 0. The van der Waals surface area contributed by atoms with Crippen LogP contribution in [0.1, 0.15) is 74.4 Å². The quantitative estimate of drug-likeness (QED) is 0.303. The molecule has 8 rings (SSSR count). The van der Waals surface area contributed by atoms with Crippen LogP contribution in [-0.4, -0.2) is 73.9 Å². The number of aromatic nitrogens is 5. The Bertz CT molecular complexity index is 1720. The van der Waals surface area contributed by atoms with Gasteiger partial charge in [-0.2, -0.15) is 0 Å². The van der Waals surface area contributed by atoms with Gasteiger partial charge in [0.05, 0.1) is 24.8 Å². The number of aromatic hydroxyl groups is 1. The Hall–Kier alpha value is -4.05. The minimum absolute atomic E-state index is 0.0300. The lowest BCUT2D eigenvalue weighted by Crippen LogP contribution is -2.58. The van der Waals surface area contributed by atoms with Crippen LogP contribution in [0.2, 0.25) is 0 Å². The number of anilines is 1. The van der Waals surface area contributed by atoms with E-state index in [9.17, 15) is 9.90 Å². The Balaban J connectivity index is 0.949. The summed E-state index contributed by atoms with van der Waals surface area (Å²) in [4.78, 5) is 30.2. The zero-order valence-electron chi connectivity index (χ0n) is 25.4. The summed E-state index contributed by atoms with van der Waals surface area (Å²) < 4.78 is 4.94. The van der Waals surface area contributed by atoms with Crippen LogP contribution in [0.3, 0.4) is 0 Å². The number of fused-ring (bicyclic) bond motifs is 3. The van der Waals surface area contributed by atoms with Crippen LogP contribution in [-0.2, 0) is 16.0 Å². The number of para-hydroxylation sites is 1. The van der Waals surface area contributed by atoms with E-state index in [0.29, 0.717) is 28.6 Å². The Kier molecular flexibility index (Phi) is 6.59. The molecule has 2 aliphatic carbocycles. The lowest BCUT2D eigenvalue weighted by Gasteiger charge is -2.60. The lowest BCUT2D eigenvalue weighted by atomic mass is 9.49. The SMILES string of the molecule is COC(=O)C1CC2(C1)CC(N1CCC(c3ccnc(N4CCc5[nH]c6nnc(-c7ccccc7O)cc6c5[C@H]4C)n3)CC1)C2. The average Bonchev–Trinajstić information content (AvgIpc) is 3.39. The van der Waals surface area contributed by atoms with Crippen LogP contribution < -0.4 is 4.90 Å². The molecule has 10 nitrogen and oxygen atoms in total. The second kappa shape index (κ2) is 10.5. The summed E-state index contributed by atoms with van der Waals surface area (Å²) in [5, 5.41) is 20.3. The number of hydrogen-bond donors (Lipinski definition) is 2.